The number of nitrogens with zero attached hydrogens (tertiary/aromatic N) is 3. The van der Waals surface area contributed by atoms with Crippen LogP contribution in [0.5, 0.6) is 5.75 Å². The van der Waals surface area contributed by atoms with Crippen LogP contribution in [0.25, 0.3) is 0 Å². The van der Waals surface area contributed by atoms with Crippen LogP contribution in [-0.2, 0) is 0 Å². The third-order valence-electron chi connectivity index (χ3n) is 3.60. The molecule has 134 valence electrons. The van der Waals surface area contributed by atoms with E-state index < -0.39 is 5.91 Å². The SMILES string of the molecule is COc1ccc(NC(=O)c2cnc(Nc3ccccc3C#N)cn2)cc1Cl. The van der Waals surface area contributed by atoms with Crippen LogP contribution < -0.4 is 15.4 Å². The number of rotatable bonds is 5. The number of nitrogens with one attached hydrogen (secondary N) is 2. The third kappa shape index (κ3) is 4.32. The number of methoxy groups -OCH3 is 1. The fourth-order valence-electron chi connectivity index (χ4n) is 2.28. The Labute approximate surface area is 160 Å². The summed E-state index contributed by atoms with van der Waals surface area (Å²) in [7, 11) is 1.51. The number of amides is 1. The predicted molar refractivity (Wildman–Crippen MR) is 102 cm³/mol. The molecule has 0 radical (unpaired) electrons. The van der Waals surface area contributed by atoms with E-state index >= 15 is 0 Å². The third-order valence-corrected chi connectivity index (χ3v) is 3.90. The summed E-state index contributed by atoms with van der Waals surface area (Å²) in [5, 5.41) is 15.2. The number of aromatic nitrogens is 2. The topological polar surface area (TPSA) is 99.9 Å². The minimum absolute atomic E-state index is 0.140. The standard InChI is InChI=1S/C19H14ClN5O2/c1-27-17-7-6-13(8-14(17)20)24-19(26)16-10-23-18(11-22-16)25-15-5-3-2-4-12(15)9-21/h2-8,10-11H,1H3,(H,23,25)(H,24,26). The lowest BCUT2D eigenvalue weighted by Crippen LogP contribution is -2.14. The number of anilines is 3. The van der Waals surface area contributed by atoms with Crippen molar-refractivity contribution in [2.75, 3.05) is 17.7 Å². The van der Waals surface area contributed by atoms with Gasteiger partial charge in [0.25, 0.3) is 5.91 Å². The van der Waals surface area contributed by atoms with E-state index in [2.05, 4.69) is 26.7 Å². The molecule has 1 aromatic heterocycles. The van der Waals surface area contributed by atoms with Crippen molar-refractivity contribution in [2.24, 2.45) is 0 Å². The van der Waals surface area contributed by atoms with E-state index in [1.165, 1.54) is 19.5 Å². The molecule has 0 aliphatic rings. The lowest BCUT2D eigenvalue weighted by Gasteiger charge is -2.09. The number of hydrogen-bond donors (Lipinski definition) is 2. The smallest absolute Gasteiger partial charge is 0.275 e. The second-order valence-electron chi connectivity index (χ2n) is 5.37. The van der Waals surface area contributed by atoms with Crippen LogP contribution in [0.2, 0.25) is 5.02 Å². The van der Waals surface area contributed by atoms with Crippen molar-refractivity contribution in [3.05, 3.63) is 71.1 Å². The number of ether oxygens (including phenoxy) is 1. The van der Waals surface area contributed by atoms with Gasteiger partial charge in [-0.25, -0.2) is 9.97 Å². The molecule has 3 rings (SSSR count). The average Bonchev–Trinajstić information content (AvgIpc) is 2.69. The van der Waals surface area contributed by atoms with Crippen molar-refractivity contribution < 1.29 is 9.53 Å². The highest BCUT2D eigenvalue weighted by Crippen LogP contribution is 2.27. The Bertz CT molecular complexity index is 1020. The van der Waals surface area contributed by atoms with Crippen LogP contribution in [0.15, 0.2) is 54.9 Å². The second kappa shape index (κ2) is 8.17. The van der Waals surface area contributed by atoms with Gasteiger partial charge in [0.05, 0.1) is 35.8 Å². The molecule has 0 fully saturated rings. The summed E-state index contributed by atoms with van der Waals surface area (Å²) in [6.07, 6.45) is 2.77. The summed E-state index contributed by atoms with van der Waals surface area (Å²) in [4.78, 5) is 20.6. The fraction of sp³-hybridized carbons (Fsp3) is 0.0526. The molecule has 2 aromatic carbocycles. The van der Waals surface area contributed by atoms with E-state index in [-0.39, 0.29) is 5.69 Å². The molecule has 27 heavy (non-hydrogen) atoms. The Morgan fingerprint density at radius 3 is 2.67 bits per heavy atom. The van der Waals surface area contributed by atoms with Gasteiger partial charge >= 0.3 is 0 Å². The average molecular weight is 380 g/mol. The van der Waals surface area contributed by atoms with Gasteiger partial charge in [0.1, 0.15) is 23.3 Å². The fourth-order valence-corrected chi connectivity index (χ4v) is 2.53. The largest absolute Gasteiger partial charge is 0.495 e. The van der Waals surface area contributed by atoms with Crippen molar-refractivity contribution in [1.82, 2.24) is 9.97 Å². The predicted octanol–water partition coefficient (Wildman–Crippen LogP) is 4.01. The Morgan fingerprint density at radius 1 is 1.19 bits per heavy atom. The van der Waals surface area contributed by atoms with E-state index in [1.807, 2.05) is 0 Å². The van der Waals surface area contributed by atoms with Crippen molar-refractivity contribution >= 4 is 34.7 Å². The maximum Gasteiger partial charge on any atom is 0.275 e. The van der Waals surface area contributed by atoms with E-state index in [9.17, 15) is 4.79 Å². The Hall–Kier alpha value is -3.63. The van der Waals surface area contributed by atoms with Crippen molar-refractivity contribution in [3.8, 4) is 11.8 Å². The van der Waals surface area contributed by atoms with Crippen molar-refractivity contribution in [2.45, 2.75) is 0 Å². The molecule has 0 aliphatic carbocycles. The summed E-state index contributed by atoms with van der Waals surface area (Å²) in [6.45, 7) is 0. The van der Waals surface area contributed by atoms with Crippen molar-refractivity contribution in [1.29, 1.82) is 5.26 Å². The summed E-state index contributed by atoms with van der Waals surface area (Å²) >= 11 is 6.05. The highest BCUT2D eigenvalue weighted by molar-refractivity contribution is 6.32. The number of carbonyl (C=O) groups excluding carboxylic acids is 1. The Kier molecular flexibility index (Phi) is 5.50. The lowest BCUT2D eigenvalue weighted by atomic mass is 10.2. The number of hydrogen-bond acceptors (Lipinski definition) is 6. The first-order chi connectivity index (χ1) is 13.1. The van der Waals surface area contributed by atoms with Crippen LogP contribution in [0, 0.1) is 11.3 Å². The molecule has 2 N–H and O–H groups in total. The molecule has 0 bridgehead atoms. The van der Waals surface area contributed by atoms with Crippen molar-refractivity contribution in [3.63, 3.8) is 0 Å². The van der Waals surface area contributed by atoms with Gasteiger partial charge in [-0.3, -0.25) is 4.79 Å². The Balaban J connectivity index is 1.70. The molecule has 0 atom stereocenters. The number of benzene rings is 2. The first-order valence-corrected chi connectivity index (χ1v) is 8.21. The summed E-state index contributed by atoms with van der Waals surface area (Å²) in [5.74, 6) is 0.511. The Morgan fingerprint density at radius 2 is 2.00 bits per heavy atom. The molecule has 0 unspecified atom stereocenters. The van der Waals surface area contributed by atoms with Crippen LogP contribution in [-0.4, -0.2) is 23.0 Å². The lowest BCUT2D eigenvalue weighted by molar-refractivity contribution is 0.102. The van der Waals surface area contributed by atoms with Gasteiger partial charge in [-0.1, -0.05) is 23.7 Å². The number of nitriles is 1. The molecule has 7 nitrogen and oxygen atoms in total. The van der Waals surface area contributed by atoms with E-state index in [0.29, 0.717) is 33.5 Å². The van der Waals surface area contributed by atoms with Gasteiger partial charge in [0, 0.05) is 5.69 Å². The molecule has 1 amide bonds. The molecule has 0 aliphatic heterocycles. The van der Waals surface area contributed by atoms with Gasteiger partial charge in [-0.2, -0.15) is 5.26 Å². The normalized spacial score (nSPS) is 9.96. The first kappa shape index (κ1) is 18.2. The molecule has 8 heteroatoms. The summed E-state index contributed by atoms with van der Waals surface area (Å²) in [6, 6.07) is 14.0. The maximum absolute atomic E-state index is 12.3. The van der Waals surface area contributed by atoms with Crippen LogP contribution in [0.4, 0.5) is 17.2 Å². The molecular formula is C19H14ClN5O2. The summed E-state index contributed by atoms with van der Waals surface area (Å²) in [5.41, 5.74) is 1.75. The monoisotopic (exact) mass is 379 g/mol. The van der Waals surface area contributed by atoms with Gasteiger partial charge in [0.15, 0.2) is 0 Å². The van der Waals surface area contributed by atoms with Crippen LogP contribution >= 0.6 is 11.6 Å². The number of halogens is 1. The zero-order valence-electron chi connectivity index (χ0n) is 14.2. The molecular weight excluding hydrogens is 366 g/mol. The number of carbonyl (C=O) groups is 1. The van der Waals surface area contributed by atoms with E-state index in [4.69, 9.17) is 21.6 Å². The van der Waals surface area contributed by atoms with E-state index in [0.717, 1.165) is 0 Å². The molecule has 0 saturated heterocycles. The molecule has 0 spiro atoms. The van der Waals surface area contributed by atoms with Crippen LogP contribution in [0.1, 0.15) is 16.1 Å². The zero-order chi connectivity index (χ0) is 19.2. The molecule has 3 aromatic rings. The van der Waals surface area contributed by atoms with Gasteiger partial charge in [-0.15, -0.1) is 0 Å². The molecule has 0 saturated carbocycles. The van der Waals surface area contributed by atoms with Gasteiger partial charge in [0.2, 0.25) is 0 Å². The first-order valence-electron chi connectivity index (χ1n) is 7.84. The minimum Gasteiger partial charge on any atom is -0.495 e. The zero-order valence-corrected chi connectivity index (χ0v) is 15.0. The quantitative estimate of drug-likeness (QED) is 0.694. The summed E-state index contributed by atoms with van der Waals surface area (Å²) < 4.78 is 5.07. The second-order valence-corrected chi connectivity index (χ2v) is 5.78. The number of para-hydroxylation sites is 1. The molecule has 1 heterocycles. The van der Waals surface area contributed by atoms with E-state index in [1.54, 1.807) is 42.5 Å². The highest BCUT2D eigenvalue weighted by atomic mass is 35.5. The maximum atomic E-state index is 12.3. The highest BCUT2D eigenvalue weighted by Gasteiger charge is 2.11. The van der Waals surface area contributed by atoms with Gasteiger partial charge in [-0.05, 0) is 30.3 Å². The van der Waals surface area contributed by atoms with Crippen LogP contribution in [0.3, 0.4) is 0 Å². The van der Waals surface area contributed by atoms with Gasteiger partial charge < -0.3 is 15.4 Å². The minimum atomic E-state index is -0.423.